The number of aliphatic hydroxyl groups is 2. The van der Waals surface area contributed by atoms with Gasteiger partial charge in [0, 0.05) is 76.2 Å². The van der Waals surface area contributed by atoms with E-state index in [1.807, 2.05) is 26.8 Å². The van der Waals surface area contributed by atoms with E-state index in [-0.39, 0.29) is 31.2 Å². The molecule has 0 radical (unpaired) electrons. The number of phenolic OH excluding ortho intramolecular Hbond substituents is 1. The van der Waals surface area contributed by atoms with E-state index in [2.05, 4.69) is 14.7 Å². The van der Waals surface area contributed by atoms with Crippen molar-refractivity contribution >= 4 is 11.8 Å². The summed E-state index contributed by atoms with van der Waals surface area (Å²) in [6.45, 7) is 13.0. The first-order valence-electron chi connectivity index (χ1n) is 16.8. The van der Waals surface area contributed by atoms with Crippen LogP contribution in [-0.2, 0) is 4.74 Å². The number of benzene rings is 1. The second kappa shape index (κ2) is 16.8. The van der Waals surface area contributed by atoms with E-state index in [1.54, 1.807) is 29.2 Å². The van der Waals surface area contributed by atoms with Crippen LogP contribution in [0.15, 0.2) is 41.9 Å². The standard InChI is InChI=1S/C24H38N6O2.C10H19NO3.CH4/c25-20(19-6-1-2-7-22(19)31)16-21(23(26)27)30-10-8-24(32,9-11-30)17-28-12-14-29(15-13-28)18-4-3-5-18;1-10(2,3)14-9(13)11-6-4-8(12)5-7-11;/h1-2,6-7,16,18,31-32H,3-5,8-15,17,25-27H2;8,12H,4-7H2,1-3H3;1H4/b20-16-;;. The highest BCUT2D eigenvalue weighted by Crippen LogP contribution is 2.30. The average Bonchev–Trinajstić information content (AvgIpc) is 2.96. The lowest BCUT2D eigenvalue weighted by atomic mass is 9.89. The number of piperidine rings is 2. The maximum absolute atomic E-state index is 11.5. The summed E-state index contributed by atoms with van der Waals surface area (Å²) in [7, 11) is 0. The SMILES string of the molecule is C.CC(C)(C)OC(=O)N1CCC(O)CC1.NC(N)=C(/C=C(\N)c1ccccc1O)N1CCC(O)(CN2CCN(C3CCC3)CC2)CC1. The molecule has 1 aromatic rings. The van der Waals surface area contributed by atoms with Crippen LogP contribution in [0.25, 0.3) is 5.70 Å². The Bertz CT molecular complexity index is 1200. The summed E-state index contributed by atoms with van der Waals surface area (Å²) in [6, 6.07) is 7.72. The monoisotopic (exact) mass is 659 g/mol. The number of β-amino-alcohol motifs (C(OH)–C–C–N with tert-alkyl or cyclic N) is 1. The number of hydrogen-bond acceptors (Lipinski definition) is 11. The van der Waals surface area contributed by atoms with Crippen LogP contribution in [0.4, 0.5) is 4.79 Å². The van der Waals surface area contributed by atoms with E-state index in [0.717, 1.165) is 32.2 Å². The van der Waals surface area contributed by atoms with Crippen molar-refractivity contribution in [3.63, 3.8) is 0 Å². The highest BCUT2D eigenvalue weighted by atomic mass is 16.6. The van der Waals surface area contributed by atoms with E-state index in [0.29, 0.717) is 75.4 Å². The number of amides is 1. The van der Waals surface area contributed by atoms with Crippen LogP contribution in [0.1, 0.15) is 78.7 Å². The minimum Gasteiger partial charge on any atom is -0.507 e. The van der Waals surface area contributed by atoms with Crippen molar-refractivity contribution in [3.05, 3.63) is 47.4 Å². The van der Waals surface area contributed by atoms with Gasteiger partial charge in [-0.3, -0.25) is 9.80 Å². The van der Waals surface area contributed by atoms with Crippen LogP contribution in [0.2, 0.25) is 0 Å². The summed E-state index contributed by atoms with van der Waals surface area (Å²) < 4.78 is 5.22. The lowest BCUT2D eigenvalue weighted by Gasteiger charge is -2.46. The molecule has 0 spiro atoms. The highest BCUT2D eigenvalue weighted by Gasteiger charge is 2.36. The second-order valence-electron chi connectivity index (χ2n) is 14.3. The van der Waals surface area contributed by atoms with Gasteiger partial charge in [-0.05, 0) is 77.5 Å². The van der Waals surface area contributed by atoms with Crippen LogP contribution in [0.3, 0.4) is 0 Å². The third kappa shape index (κ3) is 11.2. The molecule has 5 rings (SSSR count). The van der Waals surface area contributed by atoms with Gasteiger partial charge < -0.3 is 47.1 Å². The molecule has 1 aromatic carbocycles. The Morgan fingerprint density at radius 1 is 0.936 bits per heavy atom. The number of para-hydroxylation sites is 1. The second-order valence-corrected chi connectivity index (χ2v) is 14.3. The third-order valence-electron chi connectivity index (χ3n) is 9.47. The van der Waals surface area contributed by atoms with Crippen molar-refractivity contribution < 1.29 is 24.9 Å². The predicted molar refractivity (Wildman–Crippen MR) is 187 cm³/mol. The summed E-state index contributed by atoms with van der Waals surface area (Å²) in [5.74, 6) is 0.294. The molecule has 1 saturated carbocycles. The third-order valence-corrected chi connectivity index (χ3v) is 9.47. The number of allylic oxidation sites excluding steroid dienone is 1. The quantitative estimate of drug-likeness (QED) is 0.248. The fraction of sp³-hybridized carbons (Fsp3) is 0.686. The number of nitrogens with zero attached hydrogens (tertiary/aromatic N) is 4. The lowest BCUT2D eigenvalue weighted by molar-refractivity contribution is -0.0515. The molecule has 0 aromatic heterocycles. The van der Waals surface area contributed by atoms with Crippen molar-refractivity contribution in [1.82, 2.24) is 19.6 Å². The van der Waals surface area contributed by atoms with E-state index in [1.165, 1.54) is 19.3 Å². The number of rotatable bonds is 6. The largest absolute Gasteiger partial charge is 0.507 e. The summed E-state index contributed by atoms with van der Waals surface area (Å²) in [5.41, 5.74) is 18.6. The topological polar surface area (TPSA) is 178 Å². The molecule has 3 aliphatic heterocycles. The van der Waals surface area contributed by atoms with Crippen molar-refractivity contribution in [3.8, 4) is 5.75 Å². The molecule has 3 heterocycles. The van der Waals surface area contributed by atoms with Crippen LogP contribution in [0, 0.1) is 0 Å². The molecule has 1 amide bonds. The fourth-order valence-electron chi connectivity index (χ4n) is 6.45. The molecule has 4 aliphatic rings. The molecule has 266 valence electrons. The predicted octanol–water partition coefficient (Wildman–Crippen LogP) is 2.79. The first-order valence-corrected chi connectivity index (χ1v) is 16.8. The molecule has 47 heavy (non-hydrogen) atoms. The molecule has 3 saturated heterocycles. The first-order chi connectivity index (χ1) is 21.7. The van der Waals surface area contributed by atoms with Crippen LogP contribution in [-0.4, -0.2) is 123 Å². The average molecular weight is 660 g/mol. The minimum atomic E-state index is -0.698. The number of piperazine rings is 1. The number of carbonyl (C=O) groups is 1. The van der Waals surface area contributed by atoms with Crippen molar-refractivity contribution in [2.75, 3.05) is 58.9 Å². The van der Waals surface area contributed by atoms with E-state index in [4.69, 9.17) is 21.9 Å². The fourth-order valence-corrected chi connectivity index (χ4v) is 6.45. The maximum atomic E-state index is 11.5. The number of carbonyl (C=O) groups excluding carboxylic acids is 1. The zero-order chi connectivity index (χ0) is 33.5. The lowest BCUT2D eigenvalue weighted by Crippen LogP contribution is -2.57. The number of hydrogen-bond donors (Lipinski definition) is 6. The normalized spacial score (nSPS) is 21.5. The van der Waals surface area contributed by atoms with Gasteiger partial charge in [-0.15, -0.1) is 0 Å². The summed E-state index contributed by atoms with van der Waals surface area (Å²) in [6.07, 6.45) is 7.86. The van der Waals surface area contributed by atoms with Gasteiger partial charge in [0.1, 0.15) is 17.2 Å². The Kier molecular flexibility index (Phi) is 13.6. The van der Waals surface area contributed by atoms with Crippen LogP contribution < -0.4 is 17.2 Å². The Hall–Kier alpha value is -3.19. The van der Waals surface area contributed by atoms with Gasteiger partial charge in [0.15, 0.2) is 0 Å². The number of ether oxygens (including phenoxy) is 1. The number of phenols is 1. The molecule has 0 bridgehead atoms. The number of nitrogens with two attached hydrogens (primary N) is 3. The van der Waals surface area contributed by atoms with E-state index in [9.17, 15) is 20.1 Å². The Morgan fingerprint density at radius 3 is 2.04 bits per heavy atom. The summed E-state index contributed by atoms with van der Waals surface area (Å²) >= 11 is 0. The number of aromatic hydroxyl groups is 1. The molecule has 12 heteroatoms. The minimum absolute atomic E-state index is 0. The molecule has 12 nitrogen and oxygen atoms in total. The molecular weight excluding hydrogens is 598 g/mol. The van der Waals surface area contributed by atoms with Gasteiger partial charge in [0.25, 0.3) is 0 Å². The first kappa shape index (κ1) is 38.3. The van der Waals surface area contributed by atoms with Crippen LogP contribution in [0.5, 0.6) is 5.75 Å². The van der Waals surface area contributed by atoms with E-state index >= 15 is 0 Å². The summed E-state index contributed by atoms with van der Waals surface area (Å²) in [4.78, 5) is 20.3. The van der Waals surface area contributed by atoms with E-state index < -0.39 is 11.2 Å². The summed E-state index contributed by atoms with van der Waals surface area (Å²) in [5, 5.41) is 30.6. The van der Waals surface area contributed by atoms with Gasteiger partial charge in [-0.25, -0.2) is 4.79 Å². The molecule has 0 unspecified atom stereocenters. The Balaban J connectivity index is 0.000000338. The van der Waals surface area contributed by atoms with Crippen molar-refractivity contribution in [2.45, 2.75) is 96.5 Å². The van der Waals surface area contributed by atoms with Gasteiger partial charge in [-0.2, -0.15) is 0 Å². The Labute approximate surface area is 281 Å². The molecule has 9 N–H and O–H groups in total. The molecular formula is C35H61N7O5. The number of aliphatic hydroxyl groups excluding tert-OH is 1. The zero-order valence-electron chi connectivity index (χ0n) is 28.0. The number of likely N-dealkylation sites (tertiary alicyclic amines) is 2. The molecule has 1 aliphatic carbocycles. The smallest absolute Gasteiger partial charge is 0.410 e. The van der Waals surface area contributed by atoms with Crippen molar-refractivity contribution in [1.29, 1.82) is 0 Å². The van der Waals surface area contributed by atoms with Gasteiger partial charge in [0.2, 0.25) is 0 Å². The highest BCUT2D eigenvalue weighted by molar-refractivity contribution is 5.70. The van der Waals surface area contributed by atoms with Gasteiger partial charge in [0.05, 0.1) is 17.4 Å². The van der Waals surface area contributed by atoms with Crippen LogP contribution >= 0.6 is 0 Å². The Morgan fingerprint density at radius 2 is 1.53 bits per heavy atom. The maximum Gasteiger partial charge on any atom is 0.410 e. The van der Waals surface area contributed by atoms with Gasteiger partial charge in [-0.1, -0.05) is 26.0 Å². The van der Waals surface area contributed by atoms with Gasteiger partial charge >= 0.3 is 6.09 Å². The molecule has 0 atom stereocenters. The molecule has 4 fully saturated rings. The van der Waals surface area contributed by atoms with Crippen molar-refractivity contribution in [2.24, 2.45) is 17.2 Å². The zero-order valence-corrected chi connectivity index (χ0v) is 28.0.